The Bertz CT molecular complexity index is 1050. The van der Waals surface area contributed by atoms with Crippen molar-refractivity contribution < 1.29 is 29.0 Å². The number of hydrogen-bond donors (Lipinski definition) is 1. The predicted octanol–water partition coefficient (Wildman–Crippen LogP) is 3.24. The summed E-state index contributed by atoms with van der Waals surface area (Å²) in [7, 11) is 1.26. The first kappa shape index (κ1) is 21.8. The number of likely N-dealkylation sites (tertiary alicyclic amines) is 1. The minimum atomic E-state index is -0.643. The number of aromatic hydroxyl groups is 1. The van der Waals surface area contributed by atoms with Gasteiger partial charge in [0.25, 0.3) is 5.91 Å². The van der Waals surface area contributed by atoms with Crippen LogP contribution >= 0.6 is 0 Å². The lowest BCUT2D eigenvalue weighted by molar-refractivity contribution is 0.0528. The van der Waals surface area contributed by atoms with Gasteiger partial charge in [-0.1, -0.05) is 6.07 Å². The fraction of sp³-hybridized carbons (Fsp3) is 0.417. The van der Waals surface area contributed by atoms with Crippen LogP contribution in [0.4, 0.5) is 0 Å². The van der Waals surface area contributed by atoms with Crippen LogP contribution in [0.2, 0.25) is 0 Å². The number of phenols is 1. The summed E-state index contributed by atoms with van der Waals surface area (Å²) in [6, 6.07) is 7.97. The molecule has 0 radical (unpaired) electrons. The van der Waals surface area contributed by atoms with E-state index in [-0.39, 0.29) is 52.3 Å². The number of esters is 1. The molecule has 1 saturated heterocycles. The highest BCUT2D eigenvalue weighted by Crippen LogP contribution is 2.44. The number of nitrogens with zero attached hydrogens (tertiary/aromatic N) is 2. The van der Waals surface area contributed by atoms with E-state index in [1.807, 2.05) is 4.90 Å². The number of benzene rings is 1. The lowest BCUT2D eigenvalue weighted by Gasteiger charge is -2.36. The quantitative estimate of drug-likeness (QED) is 0.545. The molecule has 1 aliphatic heterocycles. The second-order valence-electron chi connectivity index (χ2n) is 8.22. The summed E-state index contributed by atoms with van der Waals surface area (Å²) in [5.41, 5.74) is 0.419. The highest BCUT2D eigenvalue weighted by Gasteiger charge is 2.49. The van der Waals surface area contributed by atoms with E-state index in [0.717, 1.165) is 25.7 Å². The molecule has 4 rings (SSSR count). The lowest BCUT2D eigenvalue weighted by atomic mass is 9.96. The third-order valence-corrected chi connectivity index (χ3v) is 6.13. The first-order chi connectivity index (χ1) is 15.4. The molecule has 8 heteroatoms. The number of carbonyl (C=O) groups is 3. The van der Waals surface area contributed by atoms with E-state index in [0.29, 0.717) is 12.3 Å². The minimum absolute atomic E-state index is 0.0128. The van der Waals surface area contributed by atoms with E-state index in [1.54, 1.807) is 24.3 Å². The molecule has 2 unspecified atom stereocenters. The van der Waals surface area contributed by atoms with Crippen LogP contribution < -0.4 is 4.74 Å². The Hall–Kier alpha value is -3.42. The molecule has 0 spiro atoms. The van der Waals surface area contributed by atoms with E-state index in [4.69, 9.17) is 9.47 Å². The Morgan fingerprint density at radius 3 is 2.72 bits per heavy atom. The zero-order chi connectivity index (χ0) is 22.8. The fourth-order valence-electron chi connectivity index (χ4n) is 4.51. The summed E-state index contributed by atoms with van der Waals surface area (Å²) in [6.07, 6.45) is 4.78. The minimum Gasteiger partial charge on any atom is -0.507 e. The number of piperidine rings is 1. The summed E-state index contributed by atoms with van der Waals surface area (Å²) in [5, 5.41) is 10.0. The number of carbonyl (C=O) groups excluding carboxylic acids is 3. The topological polar surface area (TPSA) is 106 Å². The van der Waals surface area contributed by atoms with Crippen LogP contribution in [0.15, 0.2) is 36.5 Å². The first-order valence-electron chi connectivity index (χ1n) is 10.8. The van der Waals surface area contributed by atoms with Crippen molar-refractivity contribution in [1.29, 1.82) is 0 Å². The molecule has 0 bridgehead atoms. The zero-order valence-corrected chi connectivity index (χ0v) is 18.1. The van der Waals surface area contributed by atoms with Gasteiger partial charge in [0, 0.05) is 24.7 Å². The van der Waals surface area contributed by atoms with Crippen molar-refractivity contribution in [2.45, 2.75) is 44.8 Å². The second-order valence-corrected chi connectivity index (χ2v) is 8.22. The van der Waals surface area contributed by atoms with Crippen molar-refractivity contribution in [3.8, 4) is 11.5 Å². The van der Waals surface area contributed by atoms with Crippen LogP contribution in [0.5, 0.6) is 11.5 Å². The fourth-order valence-corrected chi connectivity index (χ4v) is 4.51. The molecule has 1 aromatic heterocycles. The summed E-state index contributed by atoms with van der Waals surface area (Å²) in [4.78, 5) is 43.3. The van der Waals surface area contributed by atoms with Crippen LogP contribution in [0, 0.1) is 5.92 Å². The van der Waals surface area contributed by atoms with Gasteiger partial charge in [-0.2, -0.15) is 0 Å². The molecule has 1 amide bonds. The van der Waals surface area contributed by atoms with Crippen molar-refractivity contribution in [3.63, 3.8) is 0 Å². The number of ketones is 1. The smallest absolute Gasteiger partial charge is 0.357 e. The van der Waals surface area contributed by atoms with Gasteiger partial charge in [0.2, 0.25) is 0 Å². The molecule has 2 aromatic rings. The van der Waals surface area contributed by atoms with E-state index in [1.165, 1.54) is 26.3 Å². The number of Topliss-reactive ketones (excluding diaryl/α,β-unsaturated/α-hetero) is 1. The number of ether oxygens (including phenoxy) is 2. The number of aromatic nitrogens is 1. The monoisotopic (exact) mass is 438 g/mol. The molecule has 2 aliphatic rings. The number of amides is 1. The normalized spacial score (nSPS) is 22.2. The van der Waals surface area contributed by atoms with Gasteiger partial charge in [0.15, 0.2) is 11.5 Å². The number of hydrogen-bond acceptors (Lipinski definition) is 7. The van der Waals surface area contributed by atoms with Crippen LogP contribution in [0.25, 0.3) is 0 Å². The van der Waals surface area contributed by atoms with Gasteiger partial charge in [0.1, 0.15) is 23.2 Å². The molecule has 8 nitrogen and oxygen atoms in total. The van der Waals surface area contributed by atoms with Gasteiger partial charge >= 0.3 is 5.97 Å². The van der Waals surface area contributed by atoms with Gasteiger partial charge in [-0.15, -0.1) is 0 Å². The molecule has 3 atom stereocenters. The summed E-state index contributed by atoms with van der Waals surface area (Å²) in [5.74, 6) is -0.782. The van der Waals surface area contributed by atoms with E-state index in [9.17, 15) is 19.5 Å². The summed E-state index contributed by atoms with van der Waals surface area (Å²) in [6.45, 7) is 1.98. The van der Waals surface area contributed by atoms with Gasteiger partial charge in [-0.05, 0) is 56.9 Å². The van der Waals surface area contributed by atoms with Crippen LogP contribution in [0.1, 0.15) is 63.8 Å². The van der Waals surface area contributed by atoms with Crippen molar-refractivity contribution in [1.82, 2.24) is 9.88 Å². The largest absolute Gasteiger partial charge is 0.507 e. The number of phenolic OH excluding ortho intramolecular Hbond substituents is 1. The Kier molecular flexibility index (Phi) is 6.12. The van der Waals surface area contributed by atoms with Crippen LogP contribution in [-0.2, 0) is 4.74 Å². The Balaban J connectivity index is 1.53. The van der Waals surface area contributed by atoms with E-state index >= 15 is 0 Å². The predicted molar refractivity (Wildman–Crippen MR) is 115 cm³/mol. The maximum absolute atomic E-state index is 13.4. The van der Waals surface area contributed by atoms with E-state index < -0.39 is 5.97 Å². The van der Waals surface area contributed by atoms with Crippen molar-refractivity contribution >= 4 is 17.7 Å². The molecular formula is C24H26N2O6. The highest BCUT2D eigenvalue weighted by atomic mass is 16.5. The third-order valence-electron chi connectivity index (χ3n) is 6.13. The molecule has 32 heavy (non-hydrogen) atoms. The SMILES string of the molecule is COC(=O)c1ncccc1C(=O)N1CCCCC1[C@@H]1CC1Oc1cccc(O)c1C(C)=O. The maximum atomic E-state index is 13.4. The average molecular weight is 438 g/mol. The number of methoxy groups -OCH3 is 1. The summed E-state index contributed by atoms with van der Waals surface area (Å²) >= 11 is 0. The van der Waals surface area contributed by atoms with E-state index in [2.05, 4.69) is 4.98 Å². The summed E-state index contributed by atoms with van der Waals surface area (Å²) < 4.78 is 10.9. The number of rotatable bonds is 6. The molecule has 1 aromatic carbocycles. The van der Waals surface area contributed by atoms with Gasteiger partial charge in [0.05, 0.1) is 12.7 Å². The second kappa shape index (κ2) is 8.98. The van der Waals surface area contributed by atoms with Crippen molar-refractivity contribution in [3.05, 3.63) is 53.3 Å². The Labute approximate surface area is 186 Å². The maximum Gasteiger partial charge on any atom is 0.357 e. The molecule has 1 N–H and O–H groups in total. The molecule has 2 heterocycles. The van der Waals surface area contributed by atoms with Crippen molar-refractivity contribution in [2.75, 3.05) is 13.7 Å². The Morgan fingerprint density at radius 1 is 1.16 bits per heavy atom. The average Bonchev–Trinajstić information content (AvgIpc) is 3.56. The molecule has 1 saturated carbocycles. The van der Waals surface area contributed by atoms with Crippen LogP contribution in [-0.4, -0.2) is 58.5 Å². The first-order valence-corrected chi connectivity index (χ1v) is 10.8. The Morgan fingerprint density at radius 2 is 1.97 bits per heavy atom. The molecule has 2 fully saturated rings. The molecule has 1 aliphatic carbocycles. The highest BCUT2D eigenvalue weighted by molar-refractivity contribution is 6.04. The van der Waals surface area contributed by atoms with Gasteiger partial charge < -0.3 is 19.5 Å². The molecular weight excluding hydrogens is 412 g/mol. The lowest BCUT2D eigenvalue weighted by Crippen LogP contribution is -2.46. The third kappa shape index (κ3) is 4.17. The number of pyridine rings is 1. The zero-order valence-electron chi connectivity index (χ0n) is 18.1. The molecule has 168 valence electrons. The van der Waals surface area contributed by atoms with Crippen LogP contribution in [0.3, 0.4) is 0 Å². The van der Waals surface area contributed by atoms with Gasteiger partial charge in [-0.3, -0.25) is 9.59 Å². The van der Waals surface area contributed by atoms with Gasteiger partial charge in [-0.25, -0.2) is 9.78 Å². The van der Waals surface area contributed by atoms with Crippen molar-refractivity contribution in [2.24, 2.45) is 5.92 Å². The standard InChI is InChI=1S/C24H26N2O6/c1-14(27)21-18(28)9-5-10-19(21)32-20-13-16(20)17-8-3-4-12-26(17)23(29)15-7-6-11-25-22(15)24(30)31-2/h5-7,9-11,16-17,20,28H,3-4,8,12-13H2,1-2H3/t16-,17?,20?/m0/s1.